The lowest BCUT2D eigenvalue weighted by atomic mass is 10.1. The monoisotopic (exact) mass is 390 g/mol. The number of aromatic nitrogens is 6. The lowest BCUT2D eigenvalue weighted by molar-refractivity contribution is 0.626. The van der Waals surface area contributed by atoms with Gasteiger partial charge in [-0.3, -0.25) is 0 Å². The molecular formula is C20H19FN8. The highest BCUT2D eigenvalue weighted by Gasteiger charge is 2.32. The Kier molecular flexibility index (Phi) is 3.41. The predicted octanol–water partition coefficient (Wildman–Crippen LogP) is 2.45. The summed E-state index contributed by atoms with van der Waals surface area (Å²) < 4.78 is 16.7. The molecule has 2 aliphatic heterocycles. The van der Waals surface area contributed by atoms with Crippen LogP contribution in [0.4, 0.5) is 10.3 Å². The van der Waals surface area contributed by atoms with Crippen LogP contribution < -0.4 is 10.2 Å². The number of H-pyrrole nitrogens is 1. The standard InChI is InChI=1S/C20H19FN8/c1-2-28-10-25-15-4-11(3-14(21)18(15)28)16-17-19(24-9-23-17)27-20(26-16)29-7-12-5-22-6-13(12)8-29/h3-5,9-10,13,22H,2,6-8H2,1H3,(H,23,24,26,27). The molecule has 4 aromatic rings. The molecule has 0 bridgehead atoms. The molecule has 3 aromatic heterocycles. The van der Waals surface area contributed by atoms with Crippen molar-refractivity contribution in [2.24, 2.45) is 5.92 Å². The van der Waals surface area contributed by atoms with Gasteiger partial charge in [-0.1, -0.05) is 0 Å². The summed E-state index contributed by atoms with van der Waals surface area (Å²) in [6, 6.07) is 3.39. The molecule has 9 heteroatoms. The van der Waals surface area contributed by atoms with Crippen LogP contribution in [-0.2, 0) is 6.54 Å². The van der Waals surface area contributed by atoms with Crippen LogP contribution in [0.25, 0.3) is 33.5 Å². The Morgan fingerprint density at radius 3 is 3.03 bits per heavy atom. The minimum Gasteiger partial charge on any atom is -0.390 e. The van der Waals surface area contributed by atoms with Crippen LogP contribution in [0.3, 0.4) is 0 Å². The number of hydrogen-bond donors (Lipinski definition) is 2. The second-order valence-electron chi connectivity index (χ2n) is 7.53. The number of nitrogens with one attached hydrogen (secondary N) is 2. The van der Waals surface area contributed by atoms with Crippen molar-refractivity contribution < 1.29 is 4.39 Å². The van der Waals surface area contributed by atoms with Gasteiger partial charge < -0.3 is 19.8 Å². The minimum atomic E-state index is -0.312. The van der Waals surface area contributed by atoms with Crippen LogP contribution in [0.15, 0.2) is 36.6 Å². The highest BCUT2D eigenvalue weighted by atomic mass is 19.1. The average molecular weight is 390 g/mol. The van der Waals surface area contributed by atoms with Gasteiger partial charge in [-0.15, -0.1) is 0 Å². The molecule has 0 amide bonds. The molecule has 2 N–H and O–H groups in total. The highest BCUT2D eigenvalue weighted by molar-refractivity contribution is 5.91. The van der Waals surface area contributed by atoms with Gasteiger partial charge in [0, 0.05) is 37.7 Å². The second-order valence-corrected chi connectivity index (χ2v) is 7.53. The van der Waals surface area contributed by atoms with Gasteiger partial charge in [0.25, 0.3) is 0 Å². The summed E-state index contributed by atoms with van der Waals surface area (Å²) in [6.07, 6.45) is 5.35. The van der Waals surface area contributed by atoms with Crippen LogP contribution in [0.2, 0.25) is 0 Å². The number of imidazole rings is 2. The van der Waals surface area contributed by atoms with E-state index in [1.165, 1.54) is 11.6 Å². The molecule has 5 heterocycles. The van der Waals surface area contributed by atoms with E-state index in [0.717, 1.165) is 19.6 Å². The number of benzene rings is 1. The zero-order valence-corrected chi connectivity index (χ0v) is 15.9. The van der Waals surface area contributed by atoms with E-state index >= 15 is 0 Å². The summed E-state index contributed by atoms with van der Waals surface area (Å²) in [7, 11) is 0. The van der Waals surface area contributed by atoms with Crippen molar-refractivity contribution in [2.45, 2.75) is 13.5 Å². The number of aryl methyl sites for hydroxylation is 1. The van der Waals surface area contributed by atoms with E-state index in [2.05, 4.69) is 36.4 Å². The van der Waals surface area contributed by atoms with Gasteiger partial charge >= 0.3 is 0 Å². The SMILES string of the molecule is CCn1cnc2cc(-c3nc(N4CC5=CNCC5C4)nc4[nH]cnc34)cc(F)c21. The summed E-state index contributed by atoms with van der Waals surface area (Å²) in [5.41, 5.74) is 5.03. The van der Waals surface area contributed by atoms with Crippen LogP contribution in [-0.4, -0.2) is 49.1 Å². The third-order valence-corrected chi connectivity index (χ3v) is 5.82. The van der Waals surface area contributed by atoms with Crippen LogP contribution in [0.5, 0.6) is 0 Å². The Balaban J connectivity index is 1.51. The normalized spacial score (nSPS) is 18.5. The Hall–Kier alpha value is -3.49. The maximum absolute atomic E-state index is 14.9. The van der Waals surface area contributed by atoms with Crippen molar-refractivity contribution in [2.75, 3.05) is 24.5 Å². The lowest BCUT2D eigenvalue weighted by Gasteiger charge is -2.17. The molecule has 0 aliphatic carbocycles. The lowest BCUT2D eigenvalue weighted by Crippen LogP contribution is -2.25. The van der Waals surface area contributed by atoms with Gasteiger partial charge in [0.15, 0.2) is 5.65 Å². The Morgan fingerprint density at radius 1 is 1.24 bits per heavy atom. The number of aromatic amines is 1. The van der Waals surface area contributed by atoms with E-state index in [0.29, 0.717) is 51.9 Å². The van der Waals surface area contributed by atoms with Crippen molar-refractivity contribution in [3.05, 3.63) is 42.4 Å². The zero-order chi connectivity index (χ0) is 19.5. The van der Waals surface area contributed by atoms with E-state index < -0.39 is 0 Å². The molecule has 0 saturated carbocycles. The fourth-order valence-electron chi connectivity index (χ4n) is 4.34. The predicted molar refractivity (Wildman–Crippen MR) is 108 cm³/mol. The van der Waals surface area contributed by atoms with Gasteiger partial charge in [-0.05, 0) is 30.8 Å². The number of rotatable bonds is 3. The maximum atomic E-state index is 14.9. The molecule has 29 heavy (non-hydrogen) atoms. The number of halogens is 1. The molecule has 146 valence electrons. The van der Waals surface area contributed by atoms with Crippen LogP contribution in [0, 0.1) is 11.7 Å². The quantitative estimate of drug-likeness (QED) is 0.559. The highest BCUT2D eigenvalue weighted by Crippen LogP contribution is 2.33. The molecule has 1 fully saturated rings. The van der Waals surface area contributed by atoms with Gasteiger partial charge in [0.2, 0.25) is 5.95 Å². The van der Waals surface area contributed by atoms with E-state index in [1.54, 1.807) is 17.2 Å². The van der Waals surface area contributed by atoms with Crippen molar-refractivity contribution >= 4 is 28.1 Å². The Labute approximate surface area is 165 Å². The fourth-order valence-corrected chi connectivity index (χ4v) is 4.34. The third kappa shape index (κ3) is 2.43. The maximum Gasteiger partial charge on any atom is 0.228 e. The van der Waals surface area contributed by atoms with Gasteiger partial charge in [0.1, 0.15) is 22.5 Å². The fraction of sp³-hybridized carbons (Fsp3) is 0.300. The smallest absolute Gasteiger partial charge is 0.228 e. The Morgan fingerprint density at radius 2 is 2.17 bits per heavy atom. The van der Waals surface area contributed by atoms with Gasteiger partial charge in [-0.25, -0.2) is 19.3 Å². The van der Waals surface area contributed by atoms with Crippen molar-refractivity contribution in [3.63, 3.8) is 0 Å². The number of nitrogens with zero attached hydrogens (tertiary/aromatic N) is 6. The largest absolute Gasteiger partial charge is 0.390 e. The zero-order valence-electron chi connectivity index (χ0n) is 15.9. The van der Waals surface area contributed by atoms with E-state index in [9.17, 15) is 4.39 Å². The molecule has 1 aromatic carbocycles. The molecular weight excluding hydrogens is 371 g/mol. The van der Waals surface area contributed by atoms with Crippen molar-refractivity contribution in [3.8, 4) is 11.3 Å². The summed E-state index contributed by atoms with van der Waals surface area (Å²) in [6.45, 7) is 5.24. The van der Waals surface area contributed by atoms with E-state index in [4.69, 9.17) is 4.98 Å². The first-order valence-electron chi connectivity index (χ1n) is 9.74. The molecule has 0 spiro atoms. The van der Waals surface area contributed by atoms with Crippen LogP contribution >= 0.6 is 0 Å². The second kappa shape index (κ2) is 6.00. The molecule has 6 rings (SSSR count). The molecule has 0 radical (unpaired) electrons. The van der Waals surface area contributed by atoms with Crippen molar-refractivity contribution in [1.82, 2.24) is 34.8 Å². The molecule has 1 saturated heterocycles. The van der Waals surface area contributed by atoms with E-state index in [-0.39, 0.29) is 5.82 Å². The molecule has 8 nitrogen and oxygen atoms in total. The summed E-state index contributed by atoms with van der Waals surface area (Å²) in [5, 5.41) is 3.29. The number of hydrogen-bond acceptors (Lipinski definition) is 6. The molecule has 1 atom stereocenters. The Bertz CT molecular complexity index is 1290. The number of fused-ring (bicyclic) bond motifs is 3. The molecule has 2 aliphatic rings. The molecule has 1 unspecified atom stereocenters. The van der Waals surface area contributed by atoms with Crippen molar-refractivity contribution in [1.29, 1.82) is 0 Å². The van der Waals surface area contributed by atoms with Crippen LogP contribution in [0.1, 0.15) is 6.92 Å². The first-order valence-corrected chi connectivity index (χ1v) is 9.74. The van der Waals surface area contributed by atoms with Gasteiger partial charge in [0.05, 0.1) is 18.2 Å². The third-order valence-electron chi connectivity index (χ3n) is 5.82. The minimum absolute atomic E-state index is 0.312. The summed E-state index contributed by atoms with van der Waals surface area (Å²) in [5.74, 6) is 0.811. The first-order chi connectivity index (χ1) is 14.2. The summed E-state index contributed by atoms with van der Waals surface area (Å²) >= 11 is 0. The van der Waals surface area contributed by atoms with E-state index in [1.807, 2.05) is 13.0 Å². The summed E-state index contributed by atoms with van der Waals surface area (Å²) in [4.78, 5) is 23.5. The average Bonchev–Trinajstić information content (AvgIpc) is 3.48. The van der Waals surface area contributed by atoms with Gasteiger partial charge in [-0.2, -0.15) is 4.98 Å². The first kappa shape index (κ1) is 16.5. The number of anilines is 1. The topological polar surface area (TPSA) is 87.5 Å².